The van der Waals surface area contributed by atoms with Crippen molar-refractivity contribution in [3.8, 4) is 17.2 Å². The molecule has 3 rings (SSSR count). The second-order valence-corrected chi connectivity index (χ2v) is 5.06. The molecule has 0 saturated carbocycles. The van der Waals surface area contributed by atoms with Crippen LogP contribution in [0, 0.1) is 0 Å². The van der Waals surface area contributed by atoms with Gasteiger partial charge in [0.2, 0.25) is 0 Å². The van der Waals surface area contributed by atoms with Crippen molar-refractivity contribution < 1.29 is 18.7 Å². The fourth-order valence-corrected chi connectivity index (χ4v) is 2.37. The van der Waals surface area contributed by atoms with Gasteiger partial charge in [0.1, 0.15) is 12.4 Å². The fraction of sp³-hybridized carbons (Fsp3) is 0.500. The molecule has 1 aliphatic rings. The SMILES string of the molecule is CCOCCOc1ccccc1-c1nc([C@@H]2CCOC2)no1. The van der Waals surface area contributed by atoms with Crippen LogP contribution in [0.25, 0.3) is 11.5 Å². The molecule has 0 aliphatic carbocycles. The molecule has 2 heterocycles. The van der Waals surface area contributed by atoms with E-state index in [0.29, 0.717) is 38.1 Å². The molecule has 1 atom stereocenters. The van der Waals surface area contributed by atoms with Gasteiger partial charge in [0.25, 0.3) is 5.89 Å². The van der Waals surface area contributed by atoms with Crippen molar-refractivity contribution in [2.24, 2.45) is 0 Å². The Morgan fingerprint density at radius 1 is 1.27 bits per heavy atom. The second-order valence-electron chi connectivity index (χ2n) is 5.06. The Balaban J connectivity index is 1.73. The number of para-hydroxylation sites is 1. The summed E-state index contributed by atoms with van der Waals surface area (Å²) in [5, 5.41) is 4.08. The highest BCUT2D eigenvalue weighted by Gasteiger charge is 2.24. The molecule has 1 aliphatic heterocycles. The number of hydrogen-bond donors (Lipinski definition) is 0. The molecule has 0 spiro atoms. The van der Waals surface area contributed by atoms with Gasteiger partial charge in [-0.3, -0.25) is 0 Å². The number of benzene rings is 1. The van der Waals surface area contributed by atoms with Crippen LogP contribution in [-0.4, -0.2) is 43.2 Å². The van der Waals surface area contributed by atoms with Crippen molar-refractivity contribution in [2.75, 3.05) is 33.0 Å². The maximum absolute atomic E-state index is 5.75. The molecule has 118 valence electrons. The van der Waals surface area contributed by atoms with E-state index in [0.717, 1.165) is 24.3 Å². The average molecular weight is 304 g/mol. The summed E-state index contributed by atoms with van der Waals surface area (Å²) in [6.45, 7) is 5.10. The molecule has 6 heteroatoms. The highest BCUT2D eigenvalue weighted by atomic mass is 16.5. The molecule has 2 aromatic rings. The second kappa shape index (κ2) is 7.38. The van der Waals surface area contributed by atoms with Crippen LogP contribution in [-0.2, 0) is 9.47 Å². The van der Waals surface area contributed by atoms with Gasteiger partial charge in [-0.25, -0.2) is 0 Å². The third-order valence-corrected chi connectivity index (χ3v) is 3.54. The Bertz CT molecular complexity index is 593. The molecule has 22 heavy (non-hydrogen) atoms. The van der Waals surface area contributed by atoms with Gasteiger partial charge in [0, 0.05) is 19.1 Å². The van der Waals surface area contributed by atoms with Crippen LogP contribution in [0.15, 0.2) is 28.8 Å². The van der Waals surface area contributed by atoms with E-state index in [1.165, 1.54) is 0 Å². The third-order valence-electron chi connectivity index (χ3n) is 3.54. The van der Waals surface area contributed by atoms with E-state index in [4.69, 9.17) is 18.7 Å². The van der Waals surface area contributed by atoms with Gasteiger partial charge in [0.15, 0.2) is 5.82 Å². The van der Waals surface area contributed by atoms with E-state index in [1.54, 1.807) is 0 Å². The lowest BCUT2D eigenvalue weighted by molar-refractivity contribution is 0.110. The molecule has 0 radical (unpaired) electrons. The highest BCUT2D eigenvalue weighted by Crippen LogP contribution is 2.30. The van der Waals surface area contributed by atoms with Gasteiger partial charge in [-0.2, -0.15) is 4.98 Å². The molecule has 1 fully saturated rings. The maximum Gasteiger partial charge on any atom is 0.261 e. The van der Waals surface area contributed by atoms with Gasteiger partial charge < -0.3 is 18.7 Å². The summed E-state index contributed by atoms with van der Waals surface area (Å²) in [5.41, 5.74) is 0.802. The van der Waals surface area contributed by atoms with E-state index >= 15 is 0 Å². The van der Waals surface area contributed by atoms with Crippen LogP contribution < -0.4 is 4.74 Å². The monoisotopic (exact) mass is 304 g/mol. The standard InChI is InChI=1S/C16H20N2O4/c1-2-19-9-10-21-14-6-4-3-5-13(14)16-17-15(18-22-16)12-7-8-20-11-12/h3-6,12H,2,7-11H2,1H3/t12-/m1/s1. The van der Waals surface area contributed by atoms with Crippen LogP contribution >= 0.6 is 0 Å². The fourth-order valence-electron chi connectivity index (χ4n) is 2.37. The number of ether oxygens (including phenoxy) is 3. The quantitative estimate of drug-likeness (QED) is 0.733. The summed E-state index contributed by atoms with van der Waals surface area (Å²) < 4.78 is 21.8. The van der Waals surface area contributed by atoms with Gasteiger partial charge >= 0.3 is 0 Å². The predicted molar refractivity (Wildman–Crippen MR) is 79.9 cm³/mol. The van der Waals surface area contributed by atoms with E-state index in [2.05, 4.69) is 10.1 Å². The number of nitrogens with zero attached hydrogens (tertiary/aromatic N) is 2. The Kier molecular flexibility index (Phi) is 5.03. The zero-order chi connectivity index (χ0) is 15.2. The zero-order valence-corrected chi connectivity index (χ0v) is 12.7. The van der Waals surface area contributed by atoms with Gasteiger partial charge in [-0.05, 0) is 25.5 Å². The highest BCUT2D eigenvalue weighted by molar-refractivity contribution is 5.62. The molecule has 0 bridgehead atoms. The van der Waals surface area contributed by atoms with Crippen molar-refractivity contribution >= 4 is 0 Å². The number of rotatable bonds is 7. The van der Waals surface area contributed by atoms with Crippen molar-refractivity contribution in [1.82, 2.24) is 10.1 Å². The van der Waals surface area contributed by atoms with Crippen LogP contribution in [0.4, 0.5) is 0 Å². The summed E-state index contributed by atoms with van der Waals surface area (Å²) in [5.74, 6) is 2.13. The van der Waals surface area contributed by atoms with E-state index in [1.807, 2.05) is 31.2 Å². The first-order valence-corrected chi connectivity index (χ1v) is 7.59. The largest absolute Gasteiger partial charge is 0.490 e. The van der Waals surface area contributed by atoms with Crippen LogP contribution in [0.2, 0.25) is 0 Å². The minimum Gasteiger partial charge on any atom is -0.490 e. The summed E-state index contributed by atoms with van der Waals surface area (Å²) in [6, 6.07) is 7.65. The molecule has 1 aromatic heterocycles. The lowest BCUT2D eigenvalue weighted by Gasteiger charge is -2.08. The molecule has 0 amide bonds. The molecule has 0 N–H and O–H groups in total. The van der Waals surface area contributed by atoms with Gasteiger partial charge in [-0.1, -0.05) is 17.3 Å². The Hall–Kier alpha value is -1.92. The summed E-state index contributed by atoms with van der Waals surface area (Å²) in [7, 11) is 0. The lowest BCUT2D eigenvalue weighted by atomic mass is 10.1. The Labute approximate surface area is 129 Å². The first kappa shape index (κ1) is 15.0. The first-order chi connectivity index (χ1) is 10.9. The molecule has 1 aromatic carbocycles. The van der Waals surface area contributed by atoms with E-state index in [9.17, 15) is 0 Å². The first-order valence-electron chi connectivity index (χ1n) is 7.59. The van der Waals surface area contributed by atoms with Gasteiger partial charge in [-0.15, -0.1) is 0 Å². The number of aromatic nitrogens is 2. The summed E-state index contributed by atoms with van der Waals surface area (Å²) in [6.07, 6.45) is 0.936. The molecule has 1 saturated heterocycles. The Morgan fingerprint density at radius 3 is 3.00 bits per heavy atom. The smallest absolute Gasteiger partial charge is 0.261 e. The molecule has 6 nitrogen and oxygen atoms in total. The van der Waals surface area contributed by atoms with Crippen LogP contribution in [0.5, 0.6) is 5.75 Å². The maximum atomic E-state index is 5.75. The van der Waals surface area contributed by atoms with E-state index in [-0.39, 0.29) is 5.92 Å². The lowest BCUT2D eigenvalue weighted by Crippen LogP contribution is -2.07. The Morgan fingerprint density at radius 2 is 2.18 bits per heavy atom. The molecular formula is C16H20N2O4. The third kappa shape index (κ3) is 3.45. The van der Waals surface area contributed by atoms with Crippen molar-refractivity contribution in [1.29, 1.82) is 0 Å². The average Bonchev–Trinajstić information content (AvgIpc) is 3.22. The van der Waals surface area contributed by atoms with Crippen molar-refractivity contribution in [3.63, 3.8) is 0 Å². The van der Waals surface area contributed by atoms with Gasteiger partial charge in [0.05, 0.1) is 18.8 Å². The molecular weight excluding hydrogens is 284 g/mol. The number of hydrogen-bond acceptors (Lipinski definition) is 6. The minimum absolute atomic E-state index is 0.225. The van der Waals surface area contributed by atoms with Crippen LogP contribution in [0.1, 0.15) is 25.1 Å². The van der Waals surface area contributed by atoms with Crippen LogP contribution in [0.3, 0.4) is 0 Å². The minimum atomic E-state index is 0.225. The predicted octanol–water partition coefficient (Wildman–Crippen LogP) is 2.66. The zero-order valence-electron chi connectivity index (χ0n) is 12.7. The van der Waals surface area contributed by atoms with Crippen molar-refractivity contribution in [2.45, 2.75) is 19.3 Å². The van der Waals surface area contributed by atoms with Crippen molar-refractivity contribution in [3.05, 3.63) is 30.1 Å². The molecule has 0 unspecified atom stereocenters. The summed E-state index contributed by atoms with van der Waals surface area (Å²) >= 11 is 0. The topological polar surface area (TPSA) is 66.6 Å². The normalized spacial score (nSPS) is 17.8. The van der Waals surface area contributed by atoms with E-state index < -0.39 is 0 Å². The summed E-state index contributed by atoms with van der Waals surface area (Å²) in [4.78, 5) is 4.50.